The van der Waals surface area contributed by atoms with E-state index in [1.165, 1.54) is 4.57 Å². The third-order valence-corrected chi connectivity index (χ3v) is 3.41. The maximum absolute atomic E-state index is 12.5. The average Bonchev–Trinajstić information content (AvgIpc) is 2.91. The largest absolute Gasteiger partial charge is 0.448 e. The smallest absolute Gasteiger partial charge is 0.297 e. The van der Waals surface area contributed by atoms with Crippen LogP contribution in [0.1, 0.15) is 5.69 Å². The van der Waals surface area contributed by atoms with Crippen molar-refractivity contribution in [3.8, 4) is 0 Å². The summed E-state index contributed by atoms with van der Waals surface area (Å²) in [6, 6.07) is 13.1. The van der Waals surface area contributed by atoms with Crippen molar-refractivity contribution >= 4 is 22.1 Å². The molecule has 0 aliphatic carbocycles. The first-order valence-electron chi connectivity index (χ1n) is 6.59. The summed E-state index contributed by atoms with van der Waals surface area (Å²) in [7, 11) is 0. The Morgan fingerprint density at radius 3 is 2.76 bits per heavy atom. The Kier molecular flexibility index (Phi) is 2.57. The number of aromatic nitrogens is 3. The van der Waals surface area contributed by atoms with Gasteiger partial charge in [0.2, 0.25) is 5.58 Å². The van der Waals surface area contributed by atoms with Gasteiger partial charge in [-0.3, -0.25) is 14.3 Å². The van der Waals surface area contributed by atoms with Crippen molar-refractivity contribution in [2.24, 2.45) is 0 Å². The van der Waals surface area contributed by atoms with E-state index in [4.69, 9.17) is 4.42 Å². The second-order valence-corrected chi connectivity index (χ2v) is 4.77. The van der Waals surface area contributed by atoms with Crippen LogP contribution in [-0.2, 0) is 6.54 Å². The minimum atomic E-state index is -0.193. The molecule has 0 spiro atoms. The monoisotopic (exact) mass is 277 g/mol. The van der Waals surface area contributed by atoms with Crippen molar-refractivity contribution in [2.75, 3.05) is 0 Å². The van der Waals surface area contributed by atoms with Gasteiger partial charge in [-0.05, 0) is 24.3 Å². The molecule has 0 N–H and O–H groups in total. The number of rotatable bonds is 2. The van der Waals surface area contributed by atoms with Crippen molar-refractivity contribution in [1.29, 1.82) is 0 Å². The summed E-state index contributed by atoms with van der Waals surface area (Å²) in [5.74, 6) is 0. The van der Waals surface area contributed by atoms with Crippen molar-refractivity contribution in [2.45, 2.75) is 6.54 Å². The number of para-hydroxylation sites is 1. The van der Waals surface area contributed by atoms with Gasteiger partial charge in [0, 0.05) is 11.6 Å². The van der Waals surface area contributed by atoms with Crippen LogP contribution in [0.5, 0.6) is 0 Å². The van der Waals surface area contributed by atoms with Crippen LogP contribution in [0.25, 0.3) is 22.1 Å². The molecule has 0 atom stereocenters. The zero-order valence-corrected chi connectivity index (χ0v) is 11.1. The minimum Gasteiger partial charge on any atom is -0.448 e. The number of hydrogen-bond acceptors (Lipinski definition) is 4. The number of nitrogens with zero attached hydrogens (tertiary/aromatic N) is 3. The molecule has 0 fully saturated rings. The Morgan fingerprint density at radius 2 is 1.90 bits per heavy atom. The van der Waals surface area contributed by atoms with Crippen LogP contribution in [0.3, 0.4) is 0 Å². The molecule has 4 aromatic rings. The number of hydrogen-bond donors (Lipinski definition) is 0. The summed E-state index contributed by atoms with van der Waals surface area (Å²) < 4.78 is 7.15. The third kappa shape index (κ3) is 1.90. The van der Waals surface area contributed by atoms with E-state index in [9.17, 15) is 4.79 Å². The first-order chi connectivity index (χ1) is 10.3. The molecule has 0 saturated heterocycles. The van der Waals surface area contributed by atoms with Crippen LogP contribution >= 0.6 is 0 Å². The summed E-state index contributed by atoms with van der Waals surface area (Å²) in [5, 5.41) is 0.856. The van der Waals surface area contributed by atoms with Gasteiger partial charge in [0.1, 0.15) is 11.1 Å². The Morgan fingerprint density at radius 1 is 1.05 bits per heavy atom. The Labute approximate surface area is 119 Å². The lowest BCUT2D eigenvalue weighted by Crippen LogP contribution is -2.20. The lowest BCUT2D eigenvalue weighted by Gasteiger charge is -2.03. The van der Waals surface area contributed by atoms with E-state index in [-0.39, 0.29) is 11.1 Å². The molecular weight excluding hydrogens is 266 g/mol. The molecule has 0 bridgehead atoms. The van der Waals surface area contributed by atoms with E-state index in [1.54, 1.807) is 12.5 Å². The molecule has 5 heteroatoms. The predicted octanol–water partition coefficient (Wildman–Crippen LogP) is 2.59. The van der Waals surface area contributed by atoms with Gasteiger partial charge in [0.05, 0.1) is 18.6 Å². The van der Waals surface area contributed by atoms with Gasteiger partial charge in [-0.1, -0.05) is 18.2 Å². The lowest BCUT2D eigenvalue weighted by atomic mass is 10.2. The third-order valence-electron chi connectivity index (χ3n) is 3.41. The van der Waals surface area contributed by atoms with Gasteiger partial charge in [-0.25, -0.2) is 4.98 Å². The van der Waals surface area contributed by atoms with Gasteiger partial charge in [0.15, 0.2) is 0 Å². The van der Waals surface area contributed by atoms with E-state index in [2.05, 4.69) is 9.97 Å². The SMILES string of the molecule is O=c1c2oc3ccccc3c2ncn1Cc1ccccn1. The Balaban J connectivity index is 1.90. The summed E-state index contributed by atoms with van der Waals surface area (Å²) in [6.07, 6.45) is 3.24. The molecule has 1 aromatic carbocycles. The van der Waals surface area contributed by atoms with Gasteiger partial charge in [-0.2, -0.15) is 0 Å². The number of pyridine rings is 1. The van der Waals surface area contributed by atoms with E-state index in [0.29, 0.717) is 17.6 Å². The molecule has 102 valence electrons. The van der Waals surface area contributed by atoms with Crippen LogP contribution in [0.15, 0.2) is 64.2 Å². The van der Waals surface area contributed by atoms with Crippen LogP contribution in [0, 0.1) is 0 Å². The van der Waals surface area contributed by atoms with Crippen molar-refractivity contribution < 1.29 is 4.42 Å². The molecule has 3 heterocycles. The van der Waals surface area contributed by atoms with Crippen LogP contribution in [0.2, 0.25) is 0 Å². The molecule has 21 heavy (non-hydrogen) atoms. The standard InChI is InChI=1S/C16H11N3O2/c20-16-15-14(12-6-1-2-7-13(12)21-15)18-10-19(16)9-11-5-3-4-8-17-11/h1-8,10H,9H2. The topological polar surface area (TPSA) is 60.9 Å². The Bertz CT molecular complexity index is 987. The highest BCUT2D eigenvalue weighted by molar-refractivity contribution is 6.01. The second kappa shape index (κ2) is 4.56. The second-order valence-electron chi connectivity index (χ2n) is 4.77. The first kappa shape index (κ1) is 11.8. The minimum absolute atomic E-state index is 0.193. The van der Waals surface area contributed by atoms with E-state index in [0.717, 1.165) is 11.1 Å². The van der Waals surface area contributed by atoms with Crippen molar-refractivity contribution in [1.82, 2.24) is 14.5 Å². The van der Waals surface area contributed by atoms with Crippen molar-refractivity contribution in [3.05, 3.63) is 71.0 Å². The summed E-state index contributed by atoms with van der Waals surface area (Å²) in [4.78, 5) is 21.1. The maximum Gasteiger partial charge on any atom is 0.297 e. The molecule has 0 amide bonds. The zero-order valence-electron chi connectivity index (χ0n) is 11.1. The van der Waals surface area contributed by atoms with Crippen molar-refractivity contribution in [3.63, 3.8) is 0 Å². The molecule has 4 rings (SSSR count). The van der Waals surface area contributed by atoms with E-state index >= 15 is 0 Å². The van der Waals surface area contributed by atoms with Gasteiger partial charge in [0.25, 0.3) is 5.56 Å². The van der Waals surface area contributed by atoms with E-state index < -0.39 is 0 Å². The maximum atomic E-state index is 12.5. The number of benzene rings is 1. The molecule has 5 nitrogen and oxygen atoms in total. The number of fused-ring (bicyclic) bond motifs is 3. The van der Waals surface area contributed by atoms with Gasteiger partial charge >= 0.3 is 0 Å². The summed E-state index contributed by atoms with van der Waals surface area (Å²) >= 11 is 0. The van der Waals surface area contributed by atoms with Crippen LogP contribution in [-0.4, -0.2) is 14.5 Å². The average molecular weight is 277 g/mol. The van der Waals surface area contributed by atoms with Crippen LogP contribution in [0.4, 0.5) is 0 Å². The van der Waals surface area contributed by atoms with E-state index in [1.807, 2.05) is 42.5 Å². The zero-order chi connectivity index (χ0) is 14.2. The highest BCUT2D eigenvalue weighted by Gasteiger charge is 2.13. The van der Waals surface area contributed by atoms with Gasteiger partial charge < -0.3 is 4.42 Å². The summed E-state index contributed by atoms with van der Waals surface area (Å²) in [6.45, 7) is 0.375. The summed E-state index contributed by atoms with van der Waals surface area (Å²) in [5.41, 5.74) is 2.17. The Hall–Kier alpha value is -2.95. The van der Waals surface area contributed by atoms with Gasteiger partial charge in [-0.15, -0.1) is 0 Å². The van der Waals surface area contributed by atoms with Crippen LogP contribution < -0.4 is 5.56 Å². The predicted molar refractivity (Wildman–Crippen MR) is 79.1 cm³/mol. The number of furan rings is 1. The quantitative estimate of drug-likeness (QED) is 0.565. The highest BCUT2D eigenvalue weighted by Crippen LogP contribution is 2.24. The molecular formula is C16H11N3O2. The fourth-order valence-electron chi connectivity index (χ4n) is 2.39. The highest BCUT2D eigenvalue weighted by atomic mass is 16.3. The normalized spacial score (nSPS) is 11.2. The molecule has 0 aliphatic heterocycles. The first-order valence-corrected chi connectivity index (χ1v) is 6.59. The molecule has 0 radical (unpaired) electrons. The molecule has 0 aliphatic rings. The fourth-order valence-corrected chi connectivity index (χ4v) is 2.39. The lowest BCUT2D eigenvalue weighted by molar-refractivity contribution is 0.640. The molecule has 0 unspecified atom stereocenters. The molecule has 0 saturated carbocycles. The fraction of sp³-hybridized carbons (Fsp3) is 0.0625. The molecule has 3 aromatic heterocycles.